The Morgan fingerprint density at radius 2 is 2.19 bits per heavy atom. The standard InChI is InChI=1S/C13H19N3/c1-3-11-8-13(10-14-9-11)15-12-4-6-16(2)7-5-12/h3,8-10,12,15H,1,4-7H2,2H3. The Morgan fingerprint density at radius 1 is 1.44 bits per heavy atom. The van der Waals surface area contributed by atoms with E-state index in [9.17, 15) is 0 Å². The van der Waals surface area contributed by atoms with E-state index in [1.807, 2.05) is 18.5 Å². The fraction of sp³-hybridized carbons (Fsp3) is 0.462. The van der Waals surface area contributed by atoms with Crippen molar-refractivity contribution in [2.75, 3.05) is 25.5 Å². The summed E-state index contributed by atoms with van der Waals surface area (Å²) in [7, 11) is 2.18. The highest BCUT2D eigenvalue weighted by molar-refractivity contribution is 5.54. The van der Waals surface area contributed by atoms with Crippen molar-refractivity contribution in [3.63, 3.8) is 0 Å². The number of hydrogen-bond donors (Lipinski definition) is 1. The van der Waals surface area contributed by atoms with Gasteiger partial charge in [-0.15, -0.1) is 0 Å². The average molecular weight is 217 g/mol. The first kappa shape index (κ1) is 11.1. The molecule has 0 unspecified atom stereocenters. The quantitative estimate of drug-likeness (QED) is 0.841. The molecule has 0 saturated carbocycles. The maximum atomic E-state index is 4.19. The smallest absolute Gasteiger partial charge is 0.0534 e. The van der Waals surface area contributed by atoms with Gasteiger partial charge in [0, 0.05) is 18.4 Å². The predicted octanol–water partition coefficient (Wildman–Crippen LogP) is 2.23. The molecule has 16 heavy (non-hydrogen) atoms. The molecule has 0 radical (unpaired) electrons. The Bertz CT molecular complexity index is 354. The number of rotatable bonds is 3. The molecule has 0 aliphatic carbocycles. The summed E-state index contributed by atoms with van der Waals surface area (Å²) in [6.07, 6.45) is 7.94. The molecule has 0 amide bonds. The van der Waals surface area contributed by atoms with Gasteiger partial charge in [0.25, 0.3) is 0 Å². The van der Waals surface area contributed by atoms with E-state index in [2.05, 4.69) is 34.9 Å². The monoisotopic (exact) mass is 217 g/mol. The number of likely N-dealkylation sites (tertiary alicyclic amines) is 1. The Kier molecular flexibility index (Phi) is 3.57. The summed E-state index contributed by atoms with van der Waals surface area (Å²) in [5.41, 5.74) is 2.17. The van der Waals surface area contributed by atoms with Crippen LogP contribution in [0.5, 0.6) is 0 Å². The third kappa shape index (κ3) is 2.83. The van der Waals surface area contributed by atoms with Crippen LogP contribution in [0.1, 0.15) is 18.4 Å². The van der Waals surface area contributed by atoms with Crippen molar-refractivity contribution in [2.24, 2.45) is 0 Å². The van der Waals surface area contributed by atoms with E-state index >= 15 is 0 Å². The molecule has 0 aromatic carbocycles. The van der Waals surface area contributed by atoms with Crippen LogP contribution in [-0.4, -0.2) is 36.1 Å². The topological polar surface area (TPSA) is 28.2 Å². The number of piperidine rings is 1. The summed E-state index contributed by atoms with van der Waals surface area (Å²) in [5.74, 6) is 0. The van der Waals surface area contributed by atoms with Gasteiger partial charge in [-0.1, -0.05) is 12.7 Å². The maximum absolute atomic E-state index is 4.19. The lowest BCUT2D eigenvalue weighted by Gasteiger charge is -2.30. The Morgan fingerprint density at radius 3 is 2.88 bits per heavy atom. The van der Waals surface area contributed by atoms with Crippen molar-refractivity contribution < 1.29 is 0 Å². The molecule has 1 saturated heterocycles. The van der Waals surface area contributed by atoms with Crippen molar-refractivity contribution in [1.29, 1.82) is 0 Å². The van der Waals surface area contributed by atoms with Crippen LogP contribution in [0.2, 0.25) is 0 Å². The van der Waals surface area contributed by atoms with Gasteiger partial charge < -0.3 is 10.2 Å². The minimum Gasteiger partial charge on any atom is -0.381 e. The van der Waals surface area contributed by atoms with Gasteiger partial charge in [0.2, 0.25) is 0 Å². The fourth-order valence-electron chi connectivity index (χ4n) is 2.04. The Balaban J connectivity index is 1.95. The molecule has 0 spiro atoms. The number of nitrogens with one attached hydrogen (secondary N) is 1. The van der Waals surface area contributed by atoms with Crippen LogP contribution in [0.15, 0.2) is 25.0 Å². The molecule has 1 aliphatic rings. The molecule has 1 fully saturated rings. The van der Waals surface area contributed by atoms with Gasteiger partial charge in [-0.3, -0.25) is 4.98 Å². The Hall–Kier alpha value is -1.35. The molecular formula is C13H19N3. The molecular weight excluding hydrogens is 198 g/mol. The first-order chi connectivity index (χ1) is 7.78. The molecule has 1 N–H and O–H groups in total. The molecule has 2 rings (SSSR count). The van der Waals surface area contributed by atoms with Crippen LogP contribution in [0.25, 0.3) is 6.08 Å². The van der Waals surface area contributed by atoms with E-state index < -0.39 is 0 Å². The highest BCUT2D eigenvalue weighted by atomic mass is 15.1. The summed E-state index contributed by atoms with van der Waals surface area (Å²) in [4.78, 5) is 6.56. The second-order valence-corrected chi connectivity index (χ2v) is 4.43. The SMILES string of the molecule is C=Cc1cncc(NC2CCN(C)CC2)c1. The van der Waals surface area contributed by atoms with E-state index in [1.54, 1.807) is 0 Å². The van der Waals surface area contributed by atoms with Crippen LogP contribution < -0.4 is 5.32 Å². The highest BCUT2D eigenvalue weighted by Gasteiger charge is 2.16. The normalized spacial score (nSPS) is 18.3. The third-order valence-electron chi connectivity index (χ3n) is 3.08. The summed E-state index contributed by atoms with van der Waals surface area (Å²) >= 11 is 0. The van der Waals surface area contributed by atoms with E-state index in [-0.39, 0.29) is 0 Å². The zero-order valence-corrected chi connectivity index (χ0v) is 9.82. The number of nitrogens with zero attached hydrogens (tertiary/aromatic N) is 2. The van der Waals surface area contributed by atoms with E-state index in [0.29, 0.717) is 6.04 Å². The van der Waals surface area contributed by atoms with Crippen LogP contribution in [0, 0.1) is 0 Å². The van der Waals surface area contributed by atoms with Gasteiger partial charge >= 0.3 is 0 Å². The van der Waals surface area contributed by atoms with Gasteiger partial charge in [0.1, 0.15) is 0 Å². The van der Waals surface area contributed by atoms with Crippen molar-refractivity contribution in [3.05, 3.63) is 30.6 Å². The minimum atomic E-state index is 0.582. The summed E-state index contributed by atoms with van der Waals surface area (Å²) < 4.78 is 0. The zero-order chi connectivity index (χ0) is 11.4. The lowest BCUT2D eigenvalue weighted by molar-refractivity contribution is 0.264. The third-order valence-corrected chi connectivity index (χ3v) is 3.08. The van der Waals surface area contributed by atoms with Gasteiger partial charge in [-0.2, -0.15) is 0 Å². The summed E-state index contributed by atoms with van der Waals surface area (Å²) in [6, 6.07) is 2.68. The number of pyridine rings is 1. The summed E-state index contributed by atoms with van der Waals surface area (Å²) in [5, 5.41) is 3.54. The lowest BCUT2D eigenvalue weighted by atomic mass is 10.1. The van der Waals surface area contributed by atoms with Crippen molar-refractivity contribution >= 4 is 11.8 Å². The molecule has 0 bridgehead atoms. The maximum Gasteiger partial charge on any atom is 0.0534 e. The largest absolute Gasteiger partial charge is 0.381 e. The van der Waals surface area contributed by atoms with Crippen LogP contribution >= 0.6 is 0 Å². The van der Waals surface area contributed by atoms with Gasteiger partial charge in [0.05, 0.1) is 5.69 Å². The predicted molar refractivity (Wildman–Crippen MR) is 68.5 cm³/mol. The number of hydrogen-bond acceptors (Lipinski definition) is 3. The first-order valence-electron chi connectivity index (χ1n) is 5.80. The van der Waals surface area contributed by atoms with Crippen LogP contribution in [0.4, 0.5) is 5.69 Å². The minimum absolute atomic E-state index is 0.582. The van der Waals surface area contributed by atoms with Crippen molar-refractivity contribution in [1.82, 2.24) is 9.88 Å². The Labute approximate surface area is 97.2 Å². The molecule has 3 heteroatoms. The van der Waals surface area contributed by atoms with E-state index in [1.165, 1.54) is 25.9 Å². The molecule has 1 aromatic heterocycles. The summed E-state index contributed by atoms with van der Waals surface area (Å²) in [6.45, 7) is 6.10. The zero-order valence-electron chi connectivity index (χ0n) is 9.82. The van der Waals surface area contributed by atoms with E-state index in [4.69, 9.17) is 0 Å². The van der Waals surface area contributed by atoms with Crippen molar-refractivity contribution in [2.45, 2.75) is 18.9 Å². The fourth-order valence-corrected chi connectivity index (χ4v) is 2.04. The second-order valence-electron chi connectivity index (χ2n) is 4.43. The first-order valence-corrected chi connectivity index (χ1v) is 5.80. The molecule has 2 heterocycles. The average Bonchev–Trinajstić information content (AvgIpc) is 2.32. The molecule has 86 valence electrons. The number of anilines is 1. The van der Waals surface area contributed by atoms with Crippen LogP contribution in [-0.2, 0) is 0 Å². The second kappa shape index (κ2) is 5.12. The highest BCUT2D eigenvalue weighted by Crippen LogP contribution is 2.16. The number of aromatic nitrogens is 1. The van der Waals surface area contributed by atoms with E-state index in [0.717, 1.165) is 11.3 Å². The lowest BCUT2D eigenvalue weighted by Crippen LogP contribution is -2.36. The van der Waals surface area contributed by atoms with Crippen LogP contribution in [0.3, 0.4) is 0 Å². The van der Waals surface area contributed by atoms with Crippen molar-refractivity contribution in [3.8, 4) is 0 Å². The van der Waals surface area contributed by atoms with Gasteiger partial charge in [-0.25, -0.2) is 0 Å². The molecule has 1 aromatic rings. The molecule has 3 nitrogen and oxygen atoms in total. The van der Waals surface area contributed by atoms with Gasteiger partial charge in [-0.05, 0) is 44.6 Å². The molecule has 0 atom stereocenters. The molecule has 1 aliphatic heterocycles. The van der Waals surface area contributed by atoms with Gasteiger partial charge in [0.15, 0.2) is 0 Å².